The zero-order chi connectivity index (χ0) is 21.4. The summed E-state index contributed by atoms with van der Waals surface area (Å²) in [6.45, 7) is -3.06. The van der Waals surface area contributed by atoms with E-state index in [1.54, 1.807) is 12.1 Å². The van der Waals surface area contributed by atoms with Gasteiger partial charge in [0, 0.05) is 11.6 Å². The normalized spacial score (nSPS) is 10.7. The molecule has 29 heavy (non-hydrogen) atoms. The fraction of sp³-hybridized carbons (Fsp3) is 0.200. The lowest BCUT2D eigenvalue weighted by Crippen LogP contribution is -2.13. The largest absolute Gasteiger partial charge is 0.497 e. The molecule has 0 saturated heterocycles. The topological polar surface area (TPSA) is 83.1 Å². The van der Waals surface area contributed by atoms with Crippen molar-refractivity contribution in [3.05, 3.63) is 53.6 Å². The molecule has 0 aliphatic carbocycles. The monoisotopic (exact) mass is 407 g/mol. The van der Waals surface area contributed by atoms with Crippen LogP contribution in [0.3, 0.4) is 0 Å². The summed E-state index contributed by atoms with van der Waals surface area (Å²) in [6.07, 6.45) is 2.40. The zero-order valence-electron chi connectivity index (χ0n) is 15.9. The molecule has 9 heteroatoms. The first kappa shape index (κ1) is 21.7. The number of anilines is 1. The Bertz CT molecular complexity index is 914. The van der Waals surface area contributed by atoms with Crippen molar-refractivity contribution in [1.82, 2.24) is 0 Å². The van der Waals surface area contributed by atoms with Crippen molar-refractivity contribution in [3.63, 3.8) is 0 Å². The van der Waals surface area contributed by atoms with Crippen LogP contribution >= 0.6 is 0 Å². The Labute approximate surface area is 165 Å². The van der Waals surface area contributed by atoms with Gasteiger partial charge in [-0.2, -0.15) is 8.78 Å². The summed E-state index contributed by atoms with van der Waals surface area (Å²) in [6, 6.07) is 8.96. The predicted octanol–water partition coefficient (Wildman–Crippen LogP) is 3.74. The minimum atomic E-state index is -3.06. The number of benzene rings is 2. The molecule has 0 aliphatic rings. The van der Waals surface area contributed by atoms with Crippen molar-refractivity contribution in [2.75, 3.05) is 26.6 Å². The fourth-order valence-electron chi connectivity index (χ4n) is 2.42. The number of para-hydroxylation sites is 1. The maximum atomic E-state index is 12.7. The molecule has 0 aliphatic heterocycles. The van der Waals surface area contributed by atoms with E-state index in [1.807, 2.05) is 0 Å². The second-order valence-corrected chi connectivity index (χ2v) is 5.48. The first-order chi connectivity index (χ1) is 13.9. The average Bonchev–Trinajstić information content (AvgIpc) is 2.72. The highest BCUT2D eigenvalue weighted by Gasteiger charge is 2.16. The zero-order valence-corrected chi connectivity index (χ0v) is 15.9. The average molecular weight is 407 g/mol. The van der Waals surface area contributed by atoms with Crippen molar-refractivity contribution >= 4 is 23.6 Å². The number of hydrogen-bond acceptors (Lipinski definition) is 6. The second kappa shape index (κ2) is 10.1. The van der Waals surface area contributed by atoms with Gasteiger partial charge in [0.2, 0.25) is 5.91 Å². The van der Waals surface area contributed by atoms with E-state index >= 15 is 0 Å². The molecule has 2 aromatic rings. The van der Waals surface area contributed by atoms with Gasteiger partial charge in [-0.3, -0.25) is 4.79 Å². The van der Waals surface area contributed by atoms with E-state index in [4.69, 9.17) is 14.2 Å². The van der Waals surface area contributed by atoms with Gasteiger partial charge in [-0.25, -0.2) is 4.79 Å². The van der Waals surface area contributed by atoms with Crippen LogP contribution in [-0.2, 0) is 9.53 Å². The predicted molar refractivity (Wildman–Crippen MR) is 102 cm³/mol. The number of esters is 1. The third-order valence-corrected chi connectivity index (χ3v) is 3.74. The van der Waals surface area contributed by atoms with Crippen LogP contribution in [0.25, 0.3) is 6.08 Å². The maximum Gasteiger partial charge on any atom is 0.387 e. The van der Waals surface area contributed by atoms with Crippen molar-refractivity contribution in [2.45, 2.75) is 6.61 Å². The molecule has 2 rings (SSSR count). The highest BCUT2D eigenvalue weighted by atomic mass is 19.3. The number of alkyl halides is 2. The van der Waals surface area contributed by atoms with Gasteiger partial charge < -0.3 is 24.3 Å². The molecule has 0 aromatic heterocycles. The van der Waals surface area contributed by atoms with Gasteiger partial charge in [-0.05, 0) is 30.3 Å². The minimum Gasteiger partial charge on any atom is -0.497 e. The Morgan fingerprint density at radius 3 is 2.45 bits per heavy atom. The van der Waals surface area contributed by atoms with Crippen LogP contribution in [0.4, 0.5) is 14.5 Å². The number of carbonyl (C=O) groups excluding carboxylic acids is 2. The summed E-state index contributed by atoms with van der Waals surface area (Å²) in [5.41, 5.74) is 0.501. The molecule has 0 heterocycles. The van der Waals surface area contributed by atoms with Gasteiger partial charge >= 0.3 is 12.6 Å². The molecule has 0 atom stereocenters. The summed E-state index contributed by atoms with van der Waals surface area (Å²) >= 11 is 0. The highest BCUT2D eigenvalue weighted by molar-refractivity contribution is 6.06. The molecular formula is C20H19F2NO6. The Morgan fingerprint density at radius 1 is 1.07 bits per heavy atom. The standard InChI is InChI=1S/C20H19F2NO6/c1-26-13-8-9-15(14(11-13)19(25)28-3)23-17(24)10-7-12-5-4-6-16(27-2)18(12)29-20(21)22/h4-11,20H,1-3H3,(H,23,24)/b10-7+. The van der Waals surface area contributed by atoms with Crippen LogP contribution in [-0.4, -0.2) is 39.8 Å². The van der Waals surface area contributed by atoms with Gasteiger partial charge in [-0.1, -0.05) is 12.1 Å². The number of hydrogen-bond donors (Lipinski definition) is 1. The SMILES string of the molecule is COC(=O)c1cc(OC)ccc1NC(=O)/C=C/c1cccc(OC)c1OC(F)F. The maximum absolute atomic E-state index is 12.7. The number of rotatable bonds is 8. The Kier molecular flexibility index (Phi) is 7.53. The molecule has 2 aromatic carbocycles. The minimum absolute atomic E-state index is 0.0935. The van der Waals surface area contributed by atoms with Gasteiger partial charge in [0.15, 0.2) is 11.5 Å². The second-order valence-electron chi connectivity index (χ2n) is 5.48. The Hall–Kier alpha value is -3.62. The lowest BCUT2D eigenvalue weighted by atomic mass is 10.1. The van der Waals surface area contributed by atoms with Crippen LogP contribution in [0, 0.1) is 0 Å². The van der Waals surface area contributed by atoms with E-state index in [0.29, 0.717) is 5.75 Å². The molecule has 0 radical (unpaired) electrons. The van der Waals surface area contributed by atoms with Crippen molar-refractivity contribution in [1.29, 1.82) is 0 Å². The van der Waals surface area contributed by atoms with Crippen molar-refractivity contribution < 1.29 is 37.3 Å². The van der Waals surface area contributed by atoms with Gasteiger partial charge in [0.25, 0.3) is 0 Å². The highest BCUT2D eigenvalue weighted by Crippen LogP contribution is 2.33. The Balaban J connectivity index is 2.26. The summed E-state index contributed by atoms with van der Waals surface area (Å²) in [5, 5.41) is 2.53. The number of ether oxygens (including phenoxy) is 4. The molecule has 1 amide bonds. The first-order valence-electron chi connectivity index (χ1n) is 8.26. The molecule has 0 saturated carbocycles. The van der Waals surface area contributed by atoms with Gasteiger partial charge in [0.05, 0.1) is 32.6 Å². The summed E-state index contributed by atoms with van der Waals surface area (Å²) in [5.74, 6) is -0.969. The van der Waals surface area contributed by atoms with E-state index in [2.05, 4.69) is 10.1 Å². The number of amides is 1. The molecule has 0 spiro atoms. The molecule has 0 fully saturated rings. The van der Waals surface area contributed by atoms with Gasteiger partial charge in [-0.15, -0.1) is 0 Å². The van der Waals surface area contributed by atoms with Crippen LogP contribution in [0.2, 0.25) is 0 Å². The molecular weight excluding hydrogens is 388 g/mol. The first-order valence-corrected chi connectivity index (χ1v) is 8.26. The number of carbonyl (C=O) groups is 2. The number of methoxy groups -OCH3 is 3. The van der Waals surface area contributed by atoms with Crippen LogP contribution < -0.4 is 19.5 Å². The molecule has 1 N–H and O–H groups in total. The Morgan fingerprint density at radius 2 is 1.83 bits per heavy atom. The lowest BCUT2D eigenvalue weighted by molar-refractivity contribution is -0.111. The van der Waals surface area contributed by atoms with Crippen LogP contribution in [0.1, 0.15) is 15.9 Å². The number of halogens is 2. The van der Waals surface area contributed by atoms with E-state index in [0.717, 1.165) is 6.08 Å². The smallest absolute Gasteiger partial charge is 0.387 e. The molecule has 7 nitrogen and oxygen atoms in total. The van der Waals surface area contributed by atoms with E-state index in [9.17, 15) is 18.4 Å². The van der Waals surface area contributed by atoms with Crippen LogP contribution in [0.5, 0.6) is 17.2 Å². The molecule has 0 unspecified atom stereocenters. The fourth-order valence-corrected chi connectivity index (χ4v) is 2.42. The van der Waals surface area contributed by atoms with E-state index < -0.39 is 18.5 Å². The van der Waals surface area contributed by atoms with Crippen molar-refractivity contribution in [3.8, 4) is 17.2 Å². The van der Waals surface area contributed by atoms with Crippen LogP contribution in [0.15, 0.2) is 42.5 Å². The summed E-state index contributed by atoms with van der Waals surface area (Å²) in [7, 11) is 3.96. The molecule has 154 valence electrons. The van der Waals surface area contributed by atoms with E-state index in [-0.39, 0.29) is 28.3 Å². The summed E-state index contributed by atoms with van der Waals surface area (Å²) < 4.78 is 44.6. The van der Waals surface area contributed by atoms with E-state index in [1.165, 1.54) is 51.7 Å². The number of nitrogens with one attached hydrogen (secondary N) is 1. The lowest BCUT2D eigenvalue weighted by Gasteiger charge is -2.12. The quantitative estimate of drug-likeness (QED) is 0.530. The van der Waals surface area contributed by atoms with Crippen molar-refractivity contribution in [2.24, 2.45) is 0 Å². The third kappa shape index (κ3) is 5.68. The van der Waals surface area contributed by atoms with Gasteiger partial charge in [0.1, 0.15) is 5.75 Å². The molecule has 0 bridgehead atoms. The summed E-state index contributed by atoms with van der Waals surface area (Å²) in [4.78, 5) is 24.2. The third-order valence-electron chi connectivity index (χ3n) is 3.74.